The molecule has 1 N–H and O–H groups in total. The molecule has 0 aliphatic carbocycles. The van der Waals surface area contributed by atoms with E-state index in [1.165, 1.54) is 0 Å². The van der Waals surface area contributed by atoms with Gasteiger partial charge in [0.2, 0.25) is 0 Å². The van der Waals surface area contributed by atoms with Crippen molar-refractivity contribution in [2.24, 2.45) is 16.7 Å². The molecule has 3 nitrogen and oxygen atoms in total. The largest absolute Gasteiger partial charge is 0.459 e. The fraction of sp³-hybridized carbons (Fsp3) is 0.938. The van der Waals surface area contributed by atoms with Gasteiger partial charge in [0, 0.05) is 13.0 Å². The van der Waals surface area contributed by atoms with Gasteiger partial charge in [-0.3, -0.25) is 4.79 Å². The van der Waals surface area contributed by atoms with Crippen molar-refractivity contribution in [1.82, 2.24) is 0 Å². The Bertz CT molecular complexity index is 300. The van der Waals surface area contributed by atoms with Crippen LogP contribution in [0.15, 0.2) is 0 Å². The second-order valence-corrected chi connectivity index (χ2v) is 7.80. The van der Waals surface area contributed by atoms with E-state index in [4.69, 9.17) is 9.84 Å². The van der Waals surface area contributed by atoms with Gasteiger partial charge in [-0.2, -0.15) is 0 Å². The van der Waals surface area contributed by atoms with Crippen LogP contribution >= 0.6 is 0 Å². The Morgan fingerprint density at radius 2 is 1.58 bits per heavy atom. The number of carbonyl (C=O) groups is 1. The van der Waals surface area contributed by atoms with Gasteiger partial charge in [-0.05, 0) is 38.5 Å². The summed E-state index contributed by atoms with van der Waals surface area (Å²) in [5.74, 6) is 0.268. The summed E-state index contributed by atoms with van der Waals surface area (Å²) in [5, 5.41) is 9.03. The zero-order valence-electron chi connectivity index (χ0n) is 14.0. The van der Waals surface area contributed by atoms with Gasteiger partial charge in [0.1, 0.15) is 5.60 Å². The van der Waals surface area contributed by atoms with Crippen LogP contribution in [0.4, 0.5) is 0 Å². The lowest BCUT2D eigenvalue weighted by Gasteiger charge is -2.42. The molecule has 0 bridgehead atoms. The van der Waals surface area contributed by atoms with Crippen molar-refractivity contribution >= 4 is 5.97 Å². The first-order valence-electron chi connectivity index (χ1n) is 7.20. The molecule has 0 rings (SSSR count). The highest BCUT2D eigenvalue weighted by Crippen LogP contribution is 2.45. The van der Waals surface area contributed by atoms with Gasteiger partial charge in [-0.1, -0.05) is 34.6 Å². The van der Waals surface area contributed by atoms with Crippen LogP contribution < -0.4 is 0 Å². The van der Waals surface area contributed by atoms with E-state index in [0.717, 1.165) is 6.42 Å². The number of carbonyl (C=O) groups excluding carboxylic acids is 1. The molecule has 0 saturated heterocycles. The standard InChI is InChI=1S/C16H32O3/c1-12(2)11-16(8,14(3,4)5)13(18)19-15(6,7)9-10-17/h12,17H,9-11H2,1-8H3. The zero-order valence-corrected chi connectivity index (χ0v) is 14.0. The van der Waals surface area contributed by atoms with Crippen LogP contribution in [0.5, 0.6) is 0 Å². The van der Waals surface area contributed by atoms with Gasteiger partial charge in [0.05, 0.1) is 5.41 Å². The molecule has 114 valence electrons. The highest BCUT2D eigenvalue weighted by atomic mass is 16.6. The molecule has 0 aliphatic heterocycles. The van der Waals surface area contributed by atoms with E-state index in [9.17, 15) is 4.79 Å². The summed E-state index contributed by atoms with van der Waals surface area (Å²) in [6.07, 6.45) is 1.26. The topological polar surface area (TPSA) is 46.5 Å². The lowest BCUT2D eigenvalue weighted by Crippen LogP contribution is -2.46. The van der Waals surface area contributed by atoms with Gasteiger partial charge in [-0.15, -0.1) is 0 Å². The summed E-state index contributed by atoms with van der Waals surface area (Å²) in [6.45, 7) is 16.2. The molecule has 0 heterocycles. The van der Waals surface area contributed by atoms with Crippen LogP contribution in [-0.4, -0.2) is 23.3 Å². The third-order valence-electron chi connectivity index (χ3n) is 4.01. The monoisotopic (exact) mass is 272 g/mol. The van der Waals surface area contributed by atoms with Crippen molar-refractivity contribution in [2.75, 3.05) is 6.61 Å². The Morgan fingerprint density at radius 1 is 1.11 bits per heavy atom. The molecule has 0 aromatic heterocycles. The minimum absolute atomic E-state index is 0.0245. The second-order valence-electron chi connectivity index (χ2n) is 7.80. The number of hydrogen-bond acceptors (Lipinski definition) is 3. The Kier molecular flexibility index (Phi) is 6.07. The van der Waals surface area contributed by atoms with Crippen LogP contribution in [0.1, 0.15) is 68.2 Å². The van der Waals surface area contributed by atoms with Crippen molar-refractivity contribution in [2.45, 2.75) is 73.8 Å². The molecule has 0 amide bonds. The summed E-state index contributed by atoms with van der Waals surface area (Å²) in [5.41, 5.74) is -1.30. The SMILES string of the molecule is CC(C)CC(C)(C(=O)OC(C)(C)CCO)C(C)(C)C. The number of rotatable bonds is 6. The van der Waals surface area contributed by atoms with E-state index >= 15 is 0 Å². The molecular weight excluding hydrogens is 240 g/mol. The fourth-order valence-corrected chi connectivity index (χ4v) is 2.20. The minimum atomic E-state index is -0.616. The Labute approximate surface area is 118 Å². The maximum Gasteiger partial charge on any atom is 0.312 e. The maximum absolute atomic E-state index is 12.6. The van der Waals surface area contributed by atoms with E-state index in [1.807, 2.05) is 20.8 Å². The lowest BCUT2D eigenvalue weighted by molar-refractivity contribution is -0.178. The quantitative estimate of drug-likeness (QED) is 0.748. The molecule has 0 fully saturated rings. The van der Waals surface area contributed by atoms with Crippen LogP contribution in [0, 0.1) is 16.7 Å². The number of ether oxygens (including phenoxy) is 1. The first kappa shape index (κ1) is 18.4. The zero-order chi connectivity index (χ0) is 15.5. The van der Waals surface area contributed by atoms with Gasteiger partial charge in [0.25, 0.3) is 0 Å². The number of aliphatic hydroxyl groups excluding tert-OH is 1. The highest BCUT2D eigenvalue weighted by molar-refractivity contribution is 5.77. The van der Waals surface area contributed by atoms with Gasteiger partial charge in [0.15, 0.2) is 0 Å². The predicted octanol–water partition coefficient (Wildman–Crippen LogP) is 3.79. The Balaban J connectivity index is 5.14. The molecule has 0 spiro atoms. The van der Waals surface area contributed by atoms with Gasteiger partial charge < -0.3 is 9.84 Å². The van der Waals surface area contributed by atoms with Gasteiger partial charge >= 0.3 is 5.97 Å². The molecule has 0 saturated carbocycles. The van der Waals surface area contributed by atoms with Crippen LogP contribution in [0.25, 0.3) is 0 Å². The van der Waals surface area contributed by atoms with Crippen molar-refractivity contribution in [3.8, 4) is 0 Å². The number of esters is 1. The summed E-state index contributed by atoms with van der Waals surface area (Å²) in [4.78, 5) is 12.6. The predicted molar refractivity (Wildman–Crippen MR) is 78.9 cm³/mol. The summed E-state index contributed by atoms with van der Waals surface area (Å²) in [7, 11) is 0. The summed E-state index contributed by atoms with van der Waals surface area (Å²) in [6, 6.07) is 0. The molecule has 0 radical (unpaired) electrons. The maximum atomic E-state index is 12.6. The second kappa shape index (κ2) is 6.25. The molecule has 19 heavy (non-hydrogen) atoms. The van der Waals surface area contributed by atoms with Gasteiger partial charge in [-0.25, -0.2) is 0 Å². The third-order valence-corrected chi connectivity index (χ3v) is 4.01. The van der Waals surface area contributed by atoms with Crippen LogP contribution in [0.3, 0.4) is 0 Å². The smallest absolute Gasteiger partial charge is 0.312 e. The minimum Gasteiger partial charge on any atom is -0.459 e. The number of aliphatic hydroxyl groups is 1. The first-order chi connectivity index (χ1) is 8.35. The molecule has 0 aromatic rings. The molecule has 1 atom stereocenters. The van der Waals surface area contributed by atoms with Crippen LogP contribution in [0.2, 0.25) is 0 Å². The van der Waals surface area contributed by atoms with E-state index in [2.05, 4.69) is 34.6 Å². The van der Waals surface area contributed by atoms with Crippen molar-refractivity contribution in [3.63, 3.8) is 0 Å². The molecular formula is C16H32O3. The highest BCUT2D eigenvalue weighted by Gasteiger charge is 2.47. The Morgan fingerprint density at radius 3 is 1.89 bits per heavy atom. The third kappa shape index (κ3) is 5.13. The van der Waals surface area contributed by atoms with E-state index in [-0.39, 0.29) is 18.0 Å². The average molecular weight is 272 g/mol. The molecule has 0 aromatic carbocycles. The first-order valence-corrected chi connectivity index (χ1v) is 7.20. The van der Waals surface area contributed by atoms with Crippen molar-refractivity contribution in [1.29, 1.82) is 0 Å². The fourth-order valence-electron chi connectivity index (χ4n) is 2.20. The van der Waals surface area contributed by atoms with E-state index in [0.29, 0.717) is 12.3 Å². The van der Waals surface area contributed by atoms with Crippen molar-refractivity contribution in [3.05, 3.63) is 0 Å². The average Bonchev–Trinajstić information content (AvgIpc) is 2.13. The summed E-state index contributed by atoms with van der Waals surface area (Å²) >= 11 is 0. The molecule has 0 aliphatic rings. The molecule has 1 unspecified atom stereocenters. The van der Waals surface area contributed by atoms with E-state index in [1.54, 1.807) is 0 Å². The molecule has 3 heteroatoms. The van der Waals surface area contributed by atoms with Crippen molar-refractivity contribution < 1.29 is 14.6 Å². The van der Waals surface area contributed by atoms with E-state index < -0.39 is 11.0 Å². The lowest BCUT2D eigenvalue weighted by atomic mass is 9.64. The number of hydrogen-bond donors (Lipinski definition) is 1. The summed E-state index contributed by atoms with van der Waals surface area (Å²) < 4.78 is 5.67. The normalized spacial score (nSPS) is 16.3. The Hall–Kier alpha value is -0.570. The van der Waals surface area contributed by atoms with Crippen LogP contribution in [-0.2, 0) is 9.53 Å².